The molecule has 11 nitrogen and oxygen atoms in total. The number of carbonyl (C=O) groups excluding carboxylic acids is 1. The molecule has 200 valence electrons. The number of anilines is 1. The fraction of sp³-hybridized carbons (Fsp3) is 0.458. The molecule has 3 aromatic rings. The van der Waals surface area contributed by atoms with Gasteiger partial charge in [-0.15, -0.1) is 0 Å². The predicted octanol–water partition coefficient (Wildman–Crippen LogP) is 2.31. The number of aliphatic hydroxyl groups excluding tert-OH is 1. The molecule has 1 amide bonds. The van der Waals surface area contributed by atoms with Crippen LogP contribution in [0.2, 0.25) is 5.15 Å². The molecule has 0 saturated carbocycles. The van der Waals surface area contributed by atoms with Gasteiger partial charge >= 0.3 is 0 Å². The molecule has 0 bridgehead atoms. The topological polar surface area (TPSA) is 138 Å². The van der Waals surface area contributed by atoms with Crippen LogP contribution in [-0.4, -0.2) is 78.2 Å². The van der Waals surface area contributed by atoms with Crippen LogP contribution in [0.3, 0.4) is 0 Å². The van der Waals surface area contributed by atoms with E-state index in [9.17, 15) is 18.3 Å². The number of aromatic nitrogens is 3. The molecule has 3 N–H and O–H groups in total. The van der Waals surface area contributed by atoms with Crippen LogP contribution in [0.5, 0.6) is 5.75 Å². The number of hydrogen-bond acceptors (Lipinski definition) is 8. The van der Waals surface area contributed by atoms with Crippen LogP contribution in [0.15, 0.2) is 29.2 Å². The van der Waals surface area contributed by atoms with E-state index in [4.69, 9.17) is 16.3 Å². The fourth-order valence-corrected chi connectivity index (χ4v) is 6.33. The van der Waals surface area contributed by atoms with Crippen LogP contribution in [-0.2, 0) is 14.8 Å². The minimum absolute atomic E-state index is 0.0555. The first-order valence-corrected chi connectivity index (χ1v) is 13.8. The SMILES string of the molecule is COc1ccc(-c2c(C)nc3c(NCCNC(C)=O)cc(Cl)nn23)cc1S(=O)(=O)N1CCC(CO)CC1. The third-order valence-electron chi connectivity index (χ3n) is 6.43. The maximum absolute atomic E-state index is 13.6. The van der Waals surface area contributed by atoms with E-state index >= 15 is 0 Å². The van der Waals surface area contributed by atoms with E-state index in [0.717, 1.165) is 0 Å². The van der Waals surface area contributed by atoms with Crippen LogP contribution in [0.25, 0.3) is 16.9 Å². The standard InChI is InChI=1S/C24H31ClN6O5S/c1-15-23(31-24(28-15)19(13-22(25)29-31)27-9-8-26-16(2)33)18-4-5-20(36-3)21(12-18)37(34,35)30-10-6-17(14-32)7-11-30/h4-5,12-13,17,27,32H,6-11,14H2,1-3H3,(H,26,33). The summed E-state index contributed by atoms with van der Waals surface area (Å²) in [5, 5.41) is 20.0. The van der Waals surface area contributed by atoms with Crippen molar-refractivity contribution in [3.05, 3.63) is 35.1 Å². The Bertz CT molecular complexity index is 1400. The van der Waals surface area contributed by atoms with E-state index in [1.54, 1.807) is 28.8 Å². The van der Waals surface area contributed by atoms with Gasteiger partial charge in [-0.05, 0) is 43.9 Å². The van der Waals surface area contributed by atoms with E-state index < -0.39 is 10.0 Å². The Morgan fingerprint density at radius 2 is 1.97 bits per heavy atom. The monoisotopic (exact) mass is 550 g/mol. The first kappa shape index (κ1) is 27.1. The van der Waals surface area contributed by atoms with Crippen molar-refractivity contribution in [1.82, 2.24) is 24.2 Å². The Kier molecular flexibility index (Phi) is 8.22. The highest BCUT2D eigenvalue weighted by molar-refractivity contribution is 7.89. The second-order valence-corrected chi connectivity index (χ2v) is 11.3. The Balaban J connectivity index is 1.73. The highest BCUT2D eigenvalue weighted by Crippen LogP contribution is 2.35. The number of imidazole rings is 1. The summed E-state index contributed by atoms with van der Waals surface area (Å²) in [5.74, 6) is 0.227. The lowest BCUT2D eigenvalue weighted by molar-refractivity contribution is -0.118. The normalized spacial score (nSPS) is 15.2. The fourth-order valence-electron chi connectivity index (χ4n) is 4.49. The summed E-state index contributed by atoms with van der Waals surface area (Å²) in [5.41, 5.74) is 2.98. The van der Waals surface area contributed by atoms with Gasteiger partial charge < -0.3 is 20.5 Å². The summed E-state index contributed by atoms with van der Waals surface area (Å²) in [7, 11) is -2.41. The number of ether oxygens (including phenoxy) is 1. The number of carbonyl (C=O) groups is 1. The van der Waals surface area contributed by atoms with Crippen LogP contribution >= 0.6 is 11.6 Å². The van der Waals surface area contributed by atoms with E-state index in [0.29, 0.717) is 67.3 Å². The van der Waals surface area contributed by atoms with Gasteiger partial charge in [-0.3, -0.25) is 4.79 Å². The van der Waals surface area contributed by atoms with Gasteiger partial charge in [0.05, 0.1) is 24.2 Å². The number of sulfonamides is 1. The van der Waals surface area contributed by atoms with Gasteiger partial charge in [-0.25, -0.2) is 17.9 Å². The number of benzene rings is 1. The van der Waals surface area contributed by atoms with Gasteiger partial charge in [0, 0.05) is 51.3 Å². The highest BCUT2D eigenvalue weighted by atomic mass is 35.5. The molecule has 3 heterocycles. The number of rotatable bonds is 9. The van der Waals surface area contributed by atoms with Gasteiger partial charge in [-0.1, -0.05) is 11.6 Å². The molecule has 1 aromatic carbocycles. The second-order valence-electron chi connectivity index (χ2n) is 8.97. The van der Waals surface area contributed by atoms with Gasteiger partial charge in [-0.2, -0.15) is 9.40 Å². The number of piperidine rings is 1. The van der Waals surface area contributed by atoms with Crippen molar-refractivity contribution in [2.24, 2.45) is 5.92 Å². The lowest BCUT2D eigenvalue weighted by Gasteiger charge is -2.30. The lowest BCUT2D eigenvalue weighted by Crippen LogP contribution is -2.39. The number of aliphatic hydroxyl groups is 1. The molecule has 37 heavy (non-hydrogen) atoms. The van der Waals surface area contributed by atoms with Crippen LogP contribution in [0.1, 0.15) is 25.5 Å². The highest BCUT2D eigenvalue weighted by Gasteiger charge is 2.32. The molecule has 0 aliphatic carbocycles. The quantitative estimate of drug-likeness (QED) is 0.345. The number of aryl methyl sites for hydroxylation is 1. The molecular weight excluding hydrogens is 520 g/mol. The number of hydrogen-bond donors (Lipinski definition) is 3. The maximum Gasteiger partial charge on any atom is 0.246 e. The molecule has 1 saturated heterocycles. The van der Waals surface area contributed by atoms with E-state index in [2.05, 4.69) is 20.7 Å². The molecule has 2 aromatic heterocycles. The predicted molar refractivity (Wildman–Crippen MR) is 140 cm³/mol. The number of halogens is 1. The lowest BCUT2D eigenvalue weighted by atomic mass is 10.00. The molecule has 0 radical (unpaired) electrons. The van der Waals surface area contributed by atoms with Crippen LogP contribution in [0.4, 0.5) is 5.69 Å². The smallest absolute Gasteiger partial charge is 0.246 e. The minimum atomic E-state index is -3.85. The Morgan fingerprint density at radius 1 is 1.24 bits per heavy atom. The van der Waals surface area contributed by atoms with Crippen molar-refractivity contribution < 1.29 is 23.1 Å². The minimum Gasteiger partial charge on any atom is -0.495 e. The van der Waals surface area contributed by atoms with E-state index in [1.165, 1.54) is 18.3 Å². The summed E-state index contributed by atoms with van der Waals surface area (Å²) < 4.78 is 35.7. The summed E-state index contributed by atoms with van der Waals surface area (Å²) in [4.78, 5) is 15.9. The number of amides is 1. The van der Waals surface area contributed by atoms with Crippen LogP contribution < -0.4 is 15.4 Å². The first-order valence-electron chi connectivity index (χ1n) is 12.0. The first-order chi connectivity index (χ1) is 17.6. The summed E-state index contributed by atoms with van der Waals surface area (Å²) in [6.07, 6.45) is 1.20. The Hall–Kier alpha value is -2.93. The molecule has 0 spiro atoms. The summed E-state index contributed by atoms with van der Waals surface area (Å²) in [6, 6.07) is 6.62. The van der Waals surface area contributed by atoms with Gasteiger partial charge in [0.25, 0.3) is 0 Å². The zero-order valence-electron chi connectivity index (χ0n) is 21.0. The van der Waals surface area contributed by atoms with Crippen molar-refractivity contribution in [3.8, 4) is 17.0 Å². The Morgan fingerprint density at radius 3 is 2.62 bits per heavy atom. The zero-order chi connectivity index (χ0) is 26.7. The van der Waals surface area contributed by atoms with Gasteiger partial charge in [0.1, 0.15) is 10.6 Å². The maximum atomic E-state index is 13.6. The molecular formula is C24H31ClN6O5S. The third-order valence-corrected chi connectivity index (χ3v) is 8.53. The molecule has 0 atom stereocenters. The van der Waals surface area contributed by atoms with Crippen molar-refractivity contribution >= 4 is 38.9 Å². The van der Waals surface area contributed by atoms with E-state index in [-0.39, 0.29) is 34.2 Å². The molecule has 4 rings (SSSR count). The molecule has 1 fully saturated rings. The third kappa shape index (κ3) is 5.66. The van der Waals surface area contributed by atoms with Gasteiger partial charge in [0.2, 0.25) is 15.9 Å². The van der Waals surface area contributed by atoms with Crippen molar-refractivity contribution in [2.75, 3.05) is 45.2 Å². The average molecular weight is 551 g/mol. The largest absolute Gasteiger partial charge is 0.495 e. The number of methoxy groups -OCH3 is 1. The number of nitrogens with one attached hydrogen (secondary N) is 2. The molecule has 0 unspecified atom stereocenters. The Labute approximate surface area is 220 Å². The van der Waals surface area contributed by atoms with Gasteiger partial charge in [0.15, 0.2) is 10.8 Å². The average Bonchev–Trinajstić information content (AvgIpc) is 3.21. The summed E-state index contributed by atoms with van der Waals surface area (Å²) in [6.45, 7) is 4.86. The number of nitrogens with zero attached hydrogens (tertiary/aromatic N) is 4. The number of fused-ring (bicyclic) bond motifs is 1. The van der Waals surface area contributed by atoms with Crippen molar-refractivity contribution in [1.29, 1.82) is 0 Å². The molecule has 1 aliphatic heterocycles. The van der Waals surface area contributed by atoms with E-state index in [1.807, 2.05) is 6.92 Å². The van der Waals surface area contributed by atoms with Crippen molar-refractivity contribution in [2.45, 2.75) is 31.6 Å². The summed E-state index contributed by atoms with van der Waals surface area (Å²) >= 11 is 6.32. The van der Waals surface area contributed by atoms with Crippen LogP contribution in [0, 0.1) is 12.8 Å². The second kappa shape index (κ2) is 11.2. The molecule has 13 heteroatoms. The molecule has 1 aliphatic rings. The van der Waals surface area contributed by atoms with Crippen molar-refractivity contribution in [3.63, 3.8) is 0 Å². The zero-order valence-corrected chi connectivity index (χ0v) is 22.6.